The minimum Gasteiger partial charge on any atom is -0.344 e. The van der Waals surface area contributed by atoms with Crippen LogP contribution in [0.2, 0.25) is 0 Å². The largest absolute Gasteiger partial charge is 0.344 e. The van der Waals surface area contributed by atoms with E-state index >= 15 is 0 Å². The summed E-state index contributed by atoms with van der Waals surface area (Å²) in [6.45, 7) is 14.1. The maximum absolute atomic E-state index is 3.84. The predicted octanol–water partition coefficient (Wildman–Crippen LogP) is 4.57. The van der Waals surface area contributed by atoms with Crippen molar-refractivity contribution in [1.29, 1.82) is 0 Å². The maximum atomic E-state index is 3.84. The van der Waals surface area contributed by atoms with Crippen LogP contribution < -0.4 is 6.15 Å². The Morgan fingerprint density at radius 3 is 2.06 bits per heavy atom. The lowest BCUT2D eigenvalue weighted by molar-refractivity contribution is 1.15. The third-order valence-electron chi connectivity index (χ3n) is 2.95. The fourth-order valence-corrected chi connectivity index (χ4v) is 1.72. The monoisotopic (exact) mass is 239 g/mol. The van der Waals surface area contributed by atoms with Gasteiger partial charge in [0.15, 0.2) is 0 Å². The van der Waals surface area contributed by atoms with Crippen LogP contribution in [-0.4, -0.2) is 0 Å². The summed E-state index contributed by atoms with van der Waals surface area (Å²) >= 11 is 0. The van der Waals surface area contributed by atoms with E-state index in [2.05, 4.69) is 40.0 Å². The van der Waals surface area contributed by atoms with E-state index in [1.54, 1.807) is 0 Å². The molecule has 3 N–H and O–H groups in total. The molecule has 90 valence electrons. The van der Waals surface area contributed by atoms with Crippen LogP contribution in [0.15, 0.2) is 25.3 Å². The lowest BCUT2D eigenvalue weighted by Crippen LogP contribution is -1.96. The van der Waals surface area contributed by atoms with Gasteiger partial charge in [0, 0.05) is 0 Å². The predicted molar refractivity (Wildman–Crippen MR) is 76.9 cm³/mol. The number of halogens is 1. The molecule has 0 saturated heterocycles. The van der Waals surface area contributed by atoms with Crippen LogP contribution in [0.1, 0.15) is 27.8 Å². The third-order valence-corrected chi connectivity index (χ3v) is 2.95. The molecule has 0 saturated carbocycles. The molecule has 0 radical (unpaired) electrons. The van der Waals surface area contributed by atoms with Crippen molar-refractivity contribution in [1.82, 2.24) is 6.15 Å². The Labute approximate surface area is 105 Å². The number of rotatable bonds is 3. The highest BCUT2D eigenvalue weighted by molar-refractivity contribution is 5.85. The summed E-state index contributed by atoms with van der Waals surface area (Å²) < 4.78 is 0. The molecule has 0 bridgehead atoms. The Morgan fingerprint density at radius 2 is 1.62 bits per heavy atom. The van der Waals surface area contributed by atoms with E-state index < -0.39 is 0 Å². The van der Waals surface area contributed by atoms with Gasteiger partial charge in [0.1, 0.15) is 0 Å². The normalized spacial score (nSPS) is 8.69. The van der Waals surface area contributed by atoms with Crippen LogP contribution in [0, 0.1) is 20.8 Å². The molecule has 2 heteroatoms. The highest BCUT2D eigenvalue weighted by atomic mass is 35.5. The highest BCUT2D eigenvalue weighted by Crippen LogP contribution is 2.22. The highest BCUT2D eigenvalue weighted by Gasteiger charge is 2.06. The molecule has 1 aromatic carbocycles. The average Bonchev–Trinajstić information content (AvgIpc) is 2.19. The molecule has 0 heterocycles. The lowest BCUT2D eigenvalue weighted by atomic mass is 9.92. The first kappa shape index (κ1) is 17.3. The summed E-state index contributed by atoms with van der Waals surface area (Å²) in [5.74, 6) is 0. The summed E-state index contributed by atoms with van der Waals surface area (Å²) in [6.07, 6.45) is 4.81. The van der Waals surface area contributed by atoms with Crippen LogP contribution in [-0.2, 0) is 6.42 Å². The van der Waals surface area contributed by atoms with Crippen molar-refractivity contribution < 1.29 is 0 Å². The first-order valence-corrected chi connectivity index (χ1v) is 4.94. The Morgan fingerprint density at radius 1 is 1.06 bits per heavy atom. The Balaban J connectivity index is 0. The van der Waals surface area contributed by atoms with E-state index in [0.29, 0.717) is 0 Å². The first-order valence-electron chi connectivity index (χ1n) is 4.94. The molecule has 0 fully saturated rings. The van der Waals surface area contributed by atoms with Crippen molar-refractivity contribution >= 4 is 18.5 Å². The van der Waals surface area contributed by atoms with Crippen LogP contribution in [0.5, 0.6) is 0 Å². The van der Waals surface area contributed by atoms with Crippen molar-refractivity contribution in [3.8, 4) is 0 Å². The van der Waals surface area contributed by atoms with Gasteiger partial charge in [-0.25, -0.2) is 0 Å². The van der Waals surface area contributed by atoms with Crippen molar-refractivity contribution in [3.05, 3.63) is 53.1 Å². The molecule has 0 spiro atoms. The summed E-state index contributed by atoms with van der Waals surface area (Å²) in [5, 5.41) is 0. The van der Waals surface area contributed by atoms with E-state index in [1.807, 2.05) is 12.2 Å². The second kappa shape index (κ2) is 7.26. The van der Waals surface area contributed by atoms with Gasteiger partial charge in [0.25, 0.3) is 0 Å². The number of hydrogen-bond donors (Lipinski definition) is 1. The van der Waals surface area contributed by atoms with E-state index in [9.17, 15) is 0 Å². The third kappa shape index (κ3) is 3.22. The van der Waals surface area contributed by atoms with Gasteiger partial charge in [-0.15, -0.1) is 19.0 Å². The van der Waals surface area contributed by atoms with Crippen LogP contribution in [0.25, 0.3) is 6.08 Å². The Kier molecular flexibility index (Phi) is 7.87. The van der Waals surface area contributed by atoms with Gasteiger partial charge in [-0.1, -0.05) is 24.8 Å². The summed E-state index contributed by atoms with van der Waals surface area (Å²) in [7, 11) is 0. The fourth-order valence-electron chi connectivity index (χ4n) is 1.72. The topological polar surface area (TPSA) is 35.0 Å². The number of hydrogen-bond acceptors (Lipinski definition) is 1. The molecule has 0 aliphatic rings. The second-order valence-electron chi connectivity index (χ2n) is 3.70. The van der Waals surface area contributed by atoms with Crippen molar-refractivity contribution in [2.45, 2.75) is 27.2 Å². The zero-order valence-electron chi connectivity index (χ0n) is 10.5. The standard InChI is InChI=1S/C14H18.ClH.H3N/c1-6-8-14-9-13(7-2)11(4)10(3)12(14)5;;/h6-7,9H,1-2,8H2,3-5H3;1H;1H3. The molecule has 0 aliphatic heterocycles. The quantitative estimate of drug-likeness (QED) is 0.771. The lowest BCUT2D eigenvalue weighted by Gasteiger charge is -2.13. The minimum atomic E-state index is 0. The number of benzene rings is 1. The van der Waals surface area contributed by atoms with Gasteiger partial charge in [0.2, 0.25) is 0 Å². The molecule has 0 amide bonds. The maximum Gasteiger partial charge on any atom is -0.00972 e. The van der Waals surface area contributed by atoms with Crippen molar-refractivity contribution in [2.75, 3.05) is 0 Å². The van der Waals surface area contributed by atoms with E-state index in [4.69, 9.17) is 0 Å². The van der Waals surface area contributed by atoms with Gasteiger partial charge in [-0.05, 0) is 55.0 Å². The van der Waals surface area contributed by atoms with Gasteiger partial charge >= 0.3 is 0 Å². The second-order valence-corrected chi connectivity index (χ2v) is 3.70. The Hall–Kier alpha value is -1.05. The summed E-state index contributed by atoms with van der Waals surface area (Å²) in [5.41, 5.74) is 6.69. The molecule has 1 rings (SSSR count). The van der Waals surface area contributed by atoms with Crippen LogP contribution in [0.4, 0.5) is 0 Å². The smallest absolute Gasteiger partial charge is 0.00972 e. The van der Waals surface area contributed by atoms with E-state index in [0.717, 1.165) is 6.42 Å². The van der Waals surface area contributed by atoms with Gasteiger partial charge in [-0.3, -0.25) is 0 Å². The fraction of sp³-hybridized carbons (Fsp3) is 0.286. The molecule has 1 aromatic rings. The first-order chi connectivity index (χ1) is 6.61. The molecule has 0 unspecified atom stereocenters. The van der Waals surface area contributed by atoms with Gasteiger partial charge in [-0.2, -0.15) is 0 Å². The van der Waals surface area contributed by atoms with E-state index in [-0.39, 0.29) is 18.6 Å². The molecule has 0 atom stereocenters. The zero-order valence-corrected chi connectivity index (χ0v) is 11.3. The van der Waals surface area contributed by atoms with E-state index in [1.165, 1.54) is 27.8 Å². The van der Waals surface area contributed by atoms with Gasteiger partial charge < -0.3 is 6.15 Å². The molecule has 16 heavy (non-hydrogen) atoms. The minimum absolute atomic E-state index is 0. The van der Waals surface area contributed by atoms with Crippen molar-refractivity contribution in [3.63, 3.8) is 0 Å². The van der Waals surface area contributed by atoms with Gasteiger partial charge in [0.05, 0.1) is 0 Å². The SMILES string of the molecule is C=CCc1cc(C=C)c(C)c(C)c1C.Cl.N. The number of allylic oxidation sites excluding steroid dienone is 1. The van der Waals surface area contributed by atoms with Crippen molar-refractivity contribution in [2.24, 2.45) is 0 Å². The van der Waals surface area contributed by atoms with Crippen LogP contribution in [0.3, 0.4) is 0 Å². The average molecular weight is 240 g/mol. The van der Waals surface area contributed by atoms with Crippen LogP contribution >= 0.6 is 12.4 Å². The summed E-state index contributed by atoms with van der Waals surface area (Å²) in [4.78, 5) is 0. The molecule has 0 aliphatic carbocycles. The zero-order chi connectivity index (χ0) is 10.7. The molecule has 1 nitrogen and oxygen atoms in total. The molecular weight excluding hydrogens is 218 g/mol. The summed E-state index contributed by atoms with van der Waals surface area (Å²) in [6, 6.07) is 2.21. The molecule has 0 aromatic heterocycles. The Bertz CT molecular complexity index is 381. The molecular formula is C14H22ClN.